The molecule has 0 aromatic rings. The van der Waals surface area contributed by atoms with Gasteiger partial charge in [-0.25, -0.2) is 0 Å². The SMILES string of the molecule is CC1CCC2(CNC2)C1.CCCCOCCC. The lowest BCUT2D eigenvalue weighted by molar-refractivity contribution is 0.132. The molecule has 1 atom stereocenters. The summed E-state index contributed by atoms with van der Waals surface area (Å²) in [7, 11) is 0. The summed E-state index contributed by atoms with van der Waals surface area (Å²) in [5.74, 6) is 1.01. The first-order valence-electron chi connectivity index (χ1n) is 7.51. The van der Waals surface area contributed by atoms with Gasteiger partial charge < -0.3 is 10.1 Å². The van der Waals surface area contributed by atoms with Crippen molar-refractivity contribution in [2.75, 3.05) is 26.3 Å². The fourth-order valence-corrected chi connectivity index (χ4v) is 2.79. The molecule has 17 heavy (non-hydrogen) atoms. The van der Waals surface area contributed by atoms with E-state index in [9.17, 15) is 0 Å². The average Bonchev–Trinajstić information content (AvgIpc) is 2.68. The van der Waals surface area contributed by atoms with Crippen molar-refractivity contribution < 1.29 is 4.74 Å². The van der Waals surface area contributed by atoms with Crippen LogP contribution in [0.5, 0.6) is 0 Å². The zero-order valence-electron chi connectivity index (χ0n) is 12.1. The van der Waals surface area contributed by atoms with Gasteiger partial charge in [-0.1, -0.05) is 33.6 Å². The van der Waals surface area contributed by atoms with Crippen LogP contribution >= 0.6 is 0 Å². The molecule has 1 aliphatic carbocycles. The summed E-state index contributed by atoms with van der Waals surface area (Å²) in [5.41, 5.74) is 0.777. The van der Waals surface area contributed by atoms with E-state index in [4.69, 9.17) is 4.74 Å². The average molecular weight is 241 g/mol. The molecule has 1 spiro atoms. The van der Waals surface area contributed by atoms with E-state index >= 15 is 0 Å². The highest BCUT2D eigenvalue weighted by Gasteiger charge is 2.41. The zero-order chi connectivity index (χ0) is 12.6. The van der Waals surface area contributed by atoms with Crippen molar-refractivity contribution in [1.82, 2.24) is 5.32 Å². The molecule has 1 heterocycles. The molecule has 0 aromatic carbocycles. The van der Waals surface area contributed by atoms with E-state index in [-0.39, 0.29) is 0 Å². The second-order valence-corrected chi connectivity index (χ2v) is 5.92. The highest BCUT2D eigenvalue weighted by atomic mass is 16.5. The second-order valence-electron chi connectivity index (χ2n) is 5.92. The molecular weight excluding hydrogens is 210 g/mol. The Hall–Kier alpha value is -0.0800. The molecule has 0 amide bonds. The molecule has 102 valence electrons. The molecule has 2 nitrogen and oxygen atoms in total. The molecule has 0 radical (unpaired) electrons. The van der Waals surface area contributed by atoms with Crippen molar-refractivity contribution in [1.29, 1.82) is 0 Å². The minimum Gasteiger partial charge on any atom is -0.381 e. The van der Waals surface area contributed by atoms with Gasteiger partial charge in [0, 0.05) is 26.3 Å². The van der Waals surface area contributed by atoms with Crippen molar-refractivity contribution in [3.63, 3.8) is 0 Å². The van der Waals surface area contributed by atoms with Gasteiger partial charge in [0.25, 0.3) is 0 Å². The molecule has 2 aliphatic rings. The van der Waals surface area contributed by atoms with E-state index in [1.54, 1.807) is 0 Å². The molecule has 1 N–H and O–H groups in total. The molecule has 2 fully saturated rings. The third-order valence-corrected chi connectivity index (χ3v) is 3.94. The van der Waals surface area contributed by atoms with Crippen molar-refractivity contribution in [2.24, 2.45) is 11.3 Å². The Morgan fingerprint density at radius 1 is 1.18 bits per heavy atom. The third-order valence-electron chi connectivity index (χ3n) is 3.94. The van der Waals surface area contributed by atoms with Crippen LogP contribution < -0.4 is 5.32 Å². The van der Waals surface area contributed by atoms with Crippen molar-refractivity contribution >= 4 is 0 Å². The molecule has 0 aromatic heterocycles. The molecule has 1 unspecified atom stereocenters. The monoisotopic (exact) mass is 241 g/mol. The van der Waals surface area contributed by atoms with Gasteiger partial charge in [0.15, 0.2) is 0 Å². The quantitative estimate of drug-likeness (QED) is 0.742. The Kier molecular flexibility index (Phi) is 7.14. The van der Waals surface area contributed by atoms with Gasteiger partial charge in [0.2, 0.25) is 0 Å². The highest BCUT2D eigenvalue weighted by Crippen LogP contribution is 2.43. The van der Waals surface area contributed by atoms with Gasteiger partial charge >= 0.3 is 0 Å². The van der Waals surface area contributed by atoms with Crippen LogP contribution in [0.15, 0.2) is 0 Å². The lowest BCUT2D eigenvalue weighted by Gasteiger charge is -2.39. The summed E-state index contributed by atoms with van der Waals surface area (Å²) in [6.45, 7) is 11.2. The lowest BCUT2D eigenvalue weighted by atomic mass is 9.80. The van der Waals surface area contributed by atoms with Crippen LogP contribution in [-0.4, -0.2) is 26.3 Å². The Morgan fingerprint density at radius 2 is 1.94 bits per heavy atom. The number of hydrogen-bond donors (Lipinski definition) is 1. The van der Waals surface area contributed by atoms with Gasteiger partial charge in [-0.2, -0.15) is 0 Å². The Balaban J connectivity index is 0.000000172. The van der Waals surface area contributed by atoms with E-state index in [0.29, 0.717) is 0 Å². The third kappa shape index (κ3) is 5.39. The summed E-state index contributed by atoms with van der Waals surface area (Å²) in [5, 5.41) is 3.36. The van der Waals surface area contributed by atoms with Gasteiger partial charge in [-0.05, 0) is 37.0 Å². The fraction of sp³-hybridized carbons (Fsp3) is 1.00. The number of rotatable bonds is 5. The van der Waals surface area contributed by atoms with E-state index < -0.39 is 0 Å². The molecule has 0 bridgehead atoms. The maximum atomic E-state index is 5.22. The normalized spacial score (nSPS) is 25.2. The molecule has 1 saturated carbocycles. The highest BCUT2D eigenvalue weighted by molar-refractivity contribution is 4.97. The van der Waals surface area contributed by atoms with Crippen LogP contribution in [-0.2, 0) is 4.74 Å². The van der Waals surface area contributed by atoms with Gasteiger partial charge in [-0.15, -0.1) is 0 Å². The largest absolute Gasteiger partial charge is 0.381 e. The number of nitrogens with one attached hydrogen (secondary N) is 1. The van der Waals surface area contributed by atoms with Gasteiger partial charge in [0.05, 0.1) is 0 Å². The van der Waals surface area contributed by atoms with Crippen molar-refractivity contribution in [2.45, 2.75) is 59.3 Å². The minimum absolute atomic E-state index is 0.777. The van der Waals surface area contributed by atoms with Crippen LogP contribution in [0.2, 0.25) is 0 Å². The van der Waals surface area contributed by atoms with Gasteiger partial charge in [-0.3, -0.25) is 0 Å². The first-order chi connectivity index (χ1) is 8.22. The first kappa shape index (κ1) is 15.0. The topological polar surface area (TPSA) is 21.3 Å². The summed E-state index contributed by atoms with van der Waals surface area (Å²) in [6.07, 6.45) is 8.04. The maximum Gasteiger partial charge on any atom is 0.0465 e. The van der Waals surface area contributed by atoms with Crippen LogP contribution in [0.3, 0.4) is 0 Å². The van der Waals surface area contributed by atoms with Crippen LogP contribution in [0, 0.1) is 11.3 Å². The molecule has 1 aliphatic heterocycles. The molecule has 2 rings (SSSR count). The Labute approximate surface area is 108 Å². The van der Waals surface area contributed by atoms with E-state index in [2.05, 4.69) is 26.1 Å². The maximum absolute atomic E-state index is 5.22. The number of unbranched alkanes of at least 4 members (excludes halogenated alkanes) is 1. The van der Waals surface area contributed by atoms with E-state index in [1.807, 2.05) is 0 Å². The van der Waals surface area contributed by atoms with Crippen LogP contribution in [0.4, 0.5) is 0 Å². The summed E-state index contributed by atoms with van der Waals surface area (Å²) in [6, 6.07) is 0. The van der Waals surface area contributed by atoms with Crippen LogP contribution in [0.1, 0.15) is 59.3 Å². The standard InChI is InChI=1S/C8H15N.C7H16O/c1-7-2-3-8(4-7)5-9-6-8;1-3-5-7-8-6-4-2/h7,9H,2-6H2,1H3;3-7H2,1-2H3. The molecule has 1 saturated heterocycles. The molecular formula is C15H31NO. The summed E-state index contributed by atoms with van der Waals surface area (Å²) >= 11 is 0. The van der Waals surface area contributed by atoms with Crippen LogP contribution in [0.25, 0.3) is 0 Å². The van der Waals surface area contributed by atoms with E-state index in [1.165, 1.54) is 45.2 Å². The molecule has 2 heteroatoms. The van der Waals surface area contributed by atoms with Gasteiger partial charge in [0.1, 0.15) is 0 Å². The Morgan fingerprint density at radius 3 is 2.29 bits per heavy atom. The predicted molar refractivity (Wildman–Crippen MR) is 74.3 cm³/mol. The summed E-state index contributed by atoms with van der Waals surface area (Å²) < 4.78 is 5.22. The zero-order valence-corrected chi connectivity index (χ0v) is 12.1. The van der Waals surface area contributed by atoms with Crippen molar-refractivity contribution in [3.8, 4) is 0 Å². The second kappa shape index (κ2) is 8.10. The fourth-order valence-electron chi connectivity index (χ4n) is 2.79. The summed E-state index contributed by atoms with van der Waals surface area (Å²) in [4.78, 5) is 0. The van der Waals surface area contributed by atoms with E-state index in [0.717, 1.165) is 31.0 Å². The number of hydrogen-bond acceptors (Lipinski definition) is 2. The smallest absolute Gasteiger partial charge is 0.0465 e. The lowest BCUT2D eigenvalue weighted by Crippen LogP contribution is -2.51. The Bertz CT molecular complexity index is 183. The first-order valence-corrected chi connectivity index (χ1v) is 7.51. The van der Waals surface area contributed by atoms with Crippen molar-refractivity contribution in [3.05, 3.63) is 0 Å². The predicted octanol–water partition coefficient (Wildman–Crippen LogP) is 3.61. The minimum atomic E-state index is 0.777. The number of ether oxygens (including phenoxy) is 1.